The molecule has 134 valence electrons. The number of nitrogens with one attached hydrogen (secondary N) is 2. The number of nitrogens with two attached hydrogens (primary N) is 1. The van der Waals surface area contributed by atoms with Gasteiger partial charge in [0.05, 0.1) is 13.7 Å². The summed E-state index contributed by atoms with van der Waals surface area (Å²) in [6.07, 6.45) is 2.83. The van der Waals surface area contributed by atoms with E-state index in [2.05, 4.69) is 10.6 Å². The summed E-state index contributed by atoms with van der Waals surface area (Å²) in [5.41, 5.74) is 0.521. The molecule has 0 fully saturated rings. The van der Waals surface area contributed by atoms with Crippen LogP contribution in [0.3, 0.4) is 0 Å². The summed E-state index contributed by atoms with van der Waals surface area (Å²) in [7, 11) is -0.935. The van der Waals surface area contributed by atoms with E-state index in [0.29, 0.717) is 31.8 Å². The summed E-state index contributed by atoms with van der Waals surface area (Å²) in [5, 5.41) is 10.9. The van der Waals surface area contributed by atoms with Crippen molar-refractivity contribution in [3.8, 4) is 5.75 Å². The molecule has 0 aromatic heterocycles. The van der Waals surface area contributed by atoms with Crippen LogP contribution in [0.25, 0.3) is 6.08 Å². The van der Waals surface area contributed by atoms with Gasteiger partial charge in [0, 0.05) is 32.8 Å². The molecule has 1 rings (SSSR count). The quantitative estimate of drug-likeness (QED) is 0.391. The van der Waals surface area contributed by atoms with E-state index >= 15 is 0 Å². The minimum absolute atomic E-state index is 0.130. The van der Waals surface area contributed by atoms with E-state index < -0.39 is 10.0 Å². The van der Waals surface area contributed by atoms with Crippen LogP contribution in [0.2, 0.25) is 0 Å². The van der Waals surface area contributed by atoms with Gasteiger partial charge < -0.3 is 20.1 Å². The summed E-state index contributed by atoms with van der Waals surface area (Å²) in [6, 6.07) is 4.46. The average molecular weight is 357 g/mol. The van der Waals surface area contributed by atoms with Gasteiger partial charge in [-0.3, -0.25) is 4.79 Å². The van der Waals surface area contributed by atoms with Crippen LogP contribution in [0.15, 0.2) is 29.2 Å². The molecule has 0 saturated carbocycles. The highest BCUT2D eigenvalue weighted by Crippen LogP contribution is 2.24. The zero-order valence-electron chi connectivity index (χ0n) is 13.7. The van der Waals surface area contributed by atoms with Gasteiger partial charge in [-0.15, -0.1) is 0 Å². The van der Waals surface area contributed by atoms with Crippen LogP contribution in [0.4, 0.5) is 0 Å². The third-order valence-electron chi connectivity index (χ3n) is 3.01. The Hall–Kier alpha value is -1.94. The molecule has 9 heteroatoms. The first-order valence-corrected chi connectivity index (χ1v) is 8.79. The lowest BCUT2D eigenvalue weighted by atomic mass is 10.2. The van der Waals surface area contributed by atoms with Crippen LogP contribution >= 0.6 is 0 Å². The molecule has 1 aromatic rings. The number of ether oxygens (including phenoxy) is 2. The smallest absolute Gasteiger partial charge is 0.244 e. The maximum absolute atomic E-state index is 11.7. The summed E-state index contributed by atoms with van der Waals surface area (Å²) >= 11 is 0. The van der Waals surface area contributed by atoms with E-state index in [1.165, 1.54) is 31.4 Å². The lowest BCUT2D eigenvalue weighted by Crippen LogP contribution is -2.32. The molecule has 1 aromatic carbocycles. The highest BCUT2D eigenvalue weighted by atomic mass is 32.2. The molecule has 0 bridgehead atoms. The van der Waals surface area contributed by atoms with Crippen LogP contribution in [0.5, 0.6) is 5.75 Å². The van der Waals surface area contributed by atoms with E-state index in [9.17, 15) is 13.2 Å². The molecule has 0 aliphatic carbocycles. The van der Waals surface area contributed by atoms with Crippen molar-refractivity contribution in [1.82, 2.24) is 10.6 Å². The zero-order chi connectivity index (χ0) is 18.0. The van der Waals surface area contributed by atoms with Gasteiger partial charge in [0.2, 0.25) is 15.9 Å². The van der Waals surface area contributed by atoms with Gasteiger partial charge >= 0.3 is 0 Å². The topological polar surface area (TPSA) is 120 Å². The molecule has 0 aliphatic rings. The largest absolute Gasteiger partial charge is 0.495 e. The number of benzene rings is 1. The fourth-order valence-electron chi connectivity index (χ4n) is 1.82. The van der Waals surface area contributed by atoms with Crippen molar-refractivity contribution >= 4 is 22.0 Å². The highest BCUT2D eigenvalue weighted by molar-refractivity contribution is 7.89. The number of methoxy groups -OCH3 is 2. The number of rotatable bonds is 10. The van der Waals surface area contributed by atoms with E-state index in [4.69, 9.17) is 14.6 Å². The van der Waals surface area contributed by atoms with Crippen molar-refractivity contribution < 1.29 is 22.7 Å². The standard InChI is InChI=1S/C15H23N3O5S/c1-22-10-9-17-7-8-18-15(19)6-4-12-3-5-13(23-2)14(11-12)24(16,20)21/h3-6,11,17H,7-10H2,1-2H3,(H,18,19)(H2,16,20,21). The van der Waals surface area contributed by atoms with Crippen molar-refractivity contribution in [1.29, 1.82) is 0 Å². The van der Waals surface area contributed by atoms with Crippen molar-refractivity contribution in [2.24, 2.45) is 5.14 Å². The molecular weight excluding hydrogens is 334 g/mol. The second-order valence-corrected chi connectivity index (χ2v) is 6.35. The van der Waals surface area contributed by atoms with Crippen molar-refractivity contribution in [3.05, 3.63) is 29.8 Å². The van der Waals surface area contributed by atoms with Gasteiger partial charge in [0.15, 0.2) is 0 Å². The van der Waals surface area contributed by atoms with E-state index in [1.54, 1.807) is 13.2 Å². The molecular formula is C15H23N3O5S. The third-order valence-corrected chi connectivity index (χ3v) is 3.94. The SMILES string of the molecule is COCCNCCNC(=O)C=Cc1ccc(OC)c(S(N)(=O)=O)c1. The summed E-state index contributed by atoms with van der Waals surface area (Å²) in [4.78, 5) is 11.6. The Morgan fingerprint density at radius 2 is 2.00 bits per heavy atom. The third kappa shape index (κ3) is 7.09. The first kappa shape index (κ1) is 20.1. The van der Waals surface area contributed by atoms with Gasteiger partial charge in [-0.05, 0) is 23.8 Å². The Bertz CT molecular complexity index is 674. The number of carbonyl (C=O) groups is 1. The maximum atomic E-state index is 11.7. The van der Waals surface area contributed by atoms with Crippen molar-refractivity contribution in [2.45, 2.75) is 4.90 Å². The monoisotopic (exact) mass is 357 g/mol. The minimum atomic E-state index is -3.91. The Morgan fingerprint density at radius 3 is 2.62 bits per heavy atom. The number of carbonyl (C=O) groups excluding carboxylic acids is 1. The van der Waals surface area contributed by atoms with Crippen molar-refractivity contribution in [2.75, 3.05) is 40.5 Å². The van der Waals surface area contributed by atoms with Crippen LogP contribution in [-0.2, 0) is 19.6 Å². The Balaban J connectivity index is 2.59. The molecule has 1 amide bonds. The molecule has 0 atom stereocenters. The van der Waals surface area contributed by atoms with Crippen LogP contribution < -0.4 is 20.5 Å². The lowest BCUT2D eigenvalue weighted by molar-refractivity contribution is -0.116. The Labute approximate surface area is 142 Å². The predicted octanol–water partition coefficient (Wildman–Crippen LogP) is -0.292. The van der Waals surface area contributed by atoms with Gasteiger partial charge in [-0.25, -0.2) is 13.6 Å². The lowest BCUT2D eigenvalue weighted by Gasteiger charge is -2.07. The van der Waals surface area contributed by atoms with E-state index in [0.717, 1.165) is 0 Å². The second kappa shape index (κ2) is 10.0. The molecule has 0 radical (unpaired) electrons. The fourth-order valence-corrected chi connectivity index (χ4v) is 2.56. The number of hydrogen-bond donors (Lipinski definition) is 3. The van der Waals surface area contributed by atoms with Gasteiger partial charge in [0.25, 0.3) is 0 Å². The van der Waals surface area contributed by atoms with Gasteiger partial charge in [0.1, 0.15) is 10.6 Å². The first-order valence-electron chi connectivity index (χ1n) is 7.25. The van der Waals surface area contributed by atoms with Crippen molar-refractivity contribution in [3.63, 3.8) is 0 Å². The van der Waals surface area contributed by atoms with Crippen LogP contribution in [-0.4, -0.2) is 54.8 Å². The number of primary sulfonamides is 1. The minimum Gasteiger partial charge on any atom is -0.495 e. The molecule has 0 spiro atoms. The summed E-state index contributed by atoms with van der Waals surface area (Å²) < 4.78 is 32.9. The Kier molecular flexibility index (Phi) is 8.41. The fraction of sp³-hybridized carbons (Fsp3) is 0.400. The van der Waals surface area contributed by atoms with Crippen LogP contribution in [0.1, 0.15) is 5.56 Å². The van der Waals surface area contributed by atoms with Gasteiger partial charge in [-0.2, -0.15) is 0 Å². The molecule has 0 heterocycles. The predicted molar refractivity (Wildman–Crippen MR) is 91.2 cm³/mol. The van der Waals surface area contributed by atoms with E-state index in [1.807, 2.05) is 0 Å². The average Bonchev–Trinajstić information content (AvgIpc) is 2.55. The zero-order valence-corrected chi connectivity index (χ0v) is 14.6. The van der Waals surface area contributed by atoms with Crippen LogP contribution in [0, 0.1) is 0 Å². The summed E-state index contributed by atoms with van der Waals surface area (Å²) in [6.45, 7) is 2.42. The molecule has 24 heavy (non-hydrogen) atoms. The number of amides is 1. The molecule has 0 aliphatic heterocycles. The summed E-state index contributed by atoms with van der Waals surface area (Å²) in [5.74, 6) is -0.127. The Morgan fingerprint density at radius 1 is 1.25 bits per heavy atom. The van der Waals surface area contributed by atoms with Gasteiger partial charge in [-0.1, -0.05) is 6.07 Å². The normalized spacial score (nSPS) is 11.6. The second-order valence-electron chi connectivity index (χ2n) is 4.82. The molecule has 0 unspecified atom stereocenters. The number of sulfonamides is 1. The molecule has 0 saturated heterocycles. The van der Waals surface area contributed by atoms with E-state index in [-0.39, 0.29) is 16.6 Å². The first-order chi connectivity index (χ1) is 11.4. The molecule has 8 nitrogen and oxygen atoms in total. The molecule has 4 N–H and O–H groups in total. The highest BCUT2D eigenvalue weighted by Gasteiger charge is 2.14. The maximum Gasteiger partial charge on any atom is 0.244 e. The number of hydrogen-bond acceptors (Lipinski definition) is 6.